The van der Waals surface area contributed by atoms with E-state index in [-0.39, 0.29) is 40.5 Å². The van der Waals surface area contributed by atoms with Gasteiger partial charge in [0.1, 0.15) is 17.5 Å². The van der Waals surface area contributed by atoms with Crippen LogP contribution >= 0.6 is 11.6 Å². The lowest BCUT2D eigenvalue weighted by molar-refractivity contribution is -0.155. The summed E-state index contributed by atoms with van der Waals surface area (Å²) >= 11 is 5.90. The van der Waals surface area contributed by atoms with Gasteiger partial charge in [-0.05, 0) is 30.3 Å². The molecule has 1 aliphatic rings. The summed E-state index contributed by atoms with van der Waals surface area (Å²) in [6.07, 6.45) is -7.02. The molecule has 218 valence electrons. The van der Waals surface area contributed by atoms with E-state index in [1.165, 1.54) is 30.3 Å². The number of pyridine rings is 2. The molecule has 42 heavy (non-hydrogen) atoms. The lowest BCUT2D eigenvalue weighted by Gasteiger charge is -2.22. The Hall–Kier alpha value is -4.56. The Labute approximate surface area is 237 Å². The number of alkyl halides is 3. The predicted molar refractivity (Wildman–Crippen MR) is 140 cm³/mol. The van der Waals surface area contributed by atoms with Crippen molar-refractivity contribution in [1.82, 2.24) is 14.9 Å². The van der Waals surface area contributed by atoms with Crippen molar-refractivity contribution in [1.29, 1.82) is 0 Å². The SMILES string of the molecule is O=C(NC(c1ccccc1Cl)C(F)(F)F)Oc1cn(-c2ccc(F)cc2F)c2nc(N3C[C@@H](O)CC3=O)ccc2c1=O. The van der Waals surface area contributed by atoms with Crippen LogP contribution < -0.4 is 20.4 Å². The molecule has 2 amide bonds. The summed E-state index contributed by atoms with van der Waals surface area (Å²) in [6, 6.07) is 7.19. The number of ether oxygens (including phenoxy) is 1. The first-order valence-electron chi connectivity index (χ1n) is 12.1. The number of benzene rings is 2. The maximum atomic E-state index is 14.9. The molecule has 2 N–H and O–H groups in total. The van der Waals surface area contributed by atoms with Crippen LogP contribution in [-0.4, -0.2) is 45.5 Å². The molecule has 0 saturated carbocycles. The number of aliphatic hydroxyl groups excluding tert-OH is 1. The zero-order chi connectivity index (χ0) is 30.3. The number of halogens is 6. The van der Waals surface area contributed by atoms with Gasteiger partial charge < -0.3 is 15.2 Å². The molecule has 9 nitrogen and oxygen atoms in total. The molecule has 5 rings (SSSR count). The van der Waals surface area contributed by atoms with E-state index in [9.17, 15) is 41.4 Å². The van der Waals surface area contributed by atoms with Crippen molar-refractivity contribution in [3.05, 3.63) is 93.2 Å². The van der Waals surface area contributed by atoms with Crippen molar-refractivity contribution >= 4 is 40.5 Å². The van der Waals surface area contributed by atoms with Gasteiger partial charge in [0.05, 0.1) is 36.3 Å². The highest BCUT2D eigenvalue weighted by atomic mass is 35.5. The summed E-state index contributed by atoms with van der Waals surface area (Å²) < 4.78 is 75.9. The molecule has 2 aromatic carbocycles. The zero-order valence-electron chi connectivity index (χ0n) is 21.0. The second-order valence-corrected chi connectivity index (χ2v) is 9.63. The van der Waals surface area contributed by atoms with Gasteiger partial charge in [-0.1, -0.05) is 29.8 Å². The number of carbonyl (C=O) groups is 2. The monoisotopic (exact) mass is 608 g/mol. The summed E-state index contributed by atoms with van der Waals surface area (Å²) in [7, 11) is 0. The number of hydrogen-bond donors (Lipinski definition) is 2. The van der Waals surface area contributed by atoms with Crippen LogP contribution in [0, 0.1) is 11.6 Å². The van der Waals surface area contributed by atoms with Crippen molar-refractivity contribution in [2.24, 2.45) is 0 Å². The largest absolute Gasteiger partial charge is 0.413 e. The summed E-state index contributed by atoms with van der Waals surface area (Å²) in [5.41, 5.74) is -2.11. The fraction of sp³-hybridized carbons (Fsp3) is 0.185. The molecule has 2 atom stereocenters. The van der Waals surface area contributed by atoms with Gasteiger partial charge in [0, 0.05) is 16.7 Å². The molecule has 0 radical (unpaired) electrons. The Kier molecular flexibility index (Phi) is 7.60. The molecular formula is C27H18ClF5N4O5. The molecule has 1 aliphatic heterocycles. The number of β-amino-alcohol motifs (C(OH)–C–C–N with tert-alkyl or cyclic N) is 1. The number of nitrogens with one attached hydrogen (secondary N) is 1. The van der Waals surface area contributed by atoms with Gasteiger partial charge in [-0.3, -0.25) is 19.1 Å². The fourth-order valence-electron chi connectivity index (χ4n) is 4.45. The van der Waals surface area contributed by atoms with Crippen molar-refractivity contribution < 1.29 is 41.4 Å². The van der Waals surface area contributed by atoms with E-state index in [0.717, 1.165) is 33.9 Å². The molecule has 0 spiro atoms. The smallest absolute Gasteiger partial charge is 0.405 e. The third-order valence-corrected chi connectivity index (χ3v) is 6.71. The normalized spacial score (nSPS) is 16.1. The van der Waals surface area contributed by atoms with E-state index < -0.39 is 58.7 Å². The van der Waals surface area contributed by atoms with E-state index in [4.69, 9.17) is 16.3 Å². The van der Waals surface area contributed by atoms with E-state index in [1.54, 1.807) is 5.32 Å². The first kappa shape index (κ1) is 29.0. The minimum atomic E-state index is -5.01. The lowest BCUT2D eigenvalue weighted by Crippen LogP contribution is -2.40. The summed E-state index contributed by atoms with van der Waals surface area (Å²) in [5.74, 6) is -3.33. The number of aliphatic hydroxyl groups is 1. The predicted octanol–water partition coefficient (Wildman–Crippen LogP) is 4.81. The van der Waals surface area contributed by atoms with Crippen LogP contribution in [-0.2, 0) is 4.79 Å². The second-order valence-electron chi connectivity index (χ2n) is 9.22. The Morgan fingerprint density at radius 2 is 1.86 bits per heavy atom. The van der Waals surface area contributed by atoms with Crippen LogP contribution in [0.15, 0.2) is 65.6 Å². The Bertz CT molecular complexity index is 1780. The highest BCUT2D eigenvalue weighted by Crippen LogP contribution is 2.36. The zero-order valence-corrected chi connectivity index (χ0v) is 21.8. The summed E-state index contributed by atoms with van der Waals surface area (Å²) in [4.78, 5) is 43.6. The third-order valence-electron chi connectivity index (χ3n) is 6.36. The van der Waals surface area contributed by atoms with Crippen molar-refractivity contribution in [2.75, 3.05) is 11.4 Å². The molecule has 15 heteroatoms. The van der Waals surface area contributed by atoms with Gasteiger partial charge in [-0.25, -0.2) is 18.6 Å². The quantitative estimate of drug-likeness (QED) is 0.315. The first-order chi connectivity index (χ1) is 19.8. The number of fused-ring (bicyclic) bond motifs is 1. The third kappa shape index (κ3) is 5.63. The maximum Gasteiger partial charge on any atom is 0.413 e. The van der Waals surface area contributed by atoms with E-state index in [0.29, 0.717) is 6.07 Å². The standard InChI is InChI=1S/C27H18ClF5N4O5/c28-17-4-2-1-3-15(17)24(27(31,32)33)35-26(41)42-20-12-36(19-7-5-13(29)9-18(19)30)25-16(23(20)40)6-8-21(34-25)37-11-14(38)10-22(37)39/h1-9,12,14,24,38H,10-11H2,(H,35,41)/t14-,24?/m0/s1. The van der Waals surface area contributed by atoms with Gasteiger partial charge >= 0.3 is 12.3 Å². The number of rotatable bonds is 5. The van der Waals surface area contributed by atoms with Gasteiger partial charge in [0.15, 0.2) is 17.4 Å². The van der Waals surface area contributed by atoms with Crippen molar-refractivity contribution in [3.8, 4) is 11.4 Å². The van der Waals surface area contributed by atoms with Gasteiger partial charge in [0.2, 0.25) is 11.3 Å². The number of nitrogens with zero attached hydrogens (tertiary/aromatic N) is 3. The molecule has 0 aliphatic carbocycles. The Morgan fingerprint density at radius 1 is 1.12 bits per heavy atom. The summed E-state index contributed by atoms with van der Waals surface area (Å²) in [5, 5.41) is 10.9. The molecule has 1 saturated heterocycles. The van der Waals surface area contributed by atoms with E-state index >= 15 is 0 Å². The second kappa shape index (κ2) is 11.0. The number of anilines is 1. The van der Waals surface area contributed by atoms with Crippen LogP contribution in [0.4, 0.5) is 32.6 Å². The lowest BCUT2D eigenvalue weighted by atomic mass is 10.1. The highest BCUT2D eigenvalue weighted by molar-refractivity contribution is 6.31. The fourth-order valence-corrected chi connectivity index (χ4v) is 4.70. The topological polar surface area (TPSA) is 114 Å². The number of aromatic nitrogens is 2. The molecule has 4 aromatic rings. The minimum Gasteiger partial charge on any atom is -0.405 e. The molecule has 3 heterocycles. The van der Waals surface area contributed by atoms with Gasteiger partial charge in [-0.15, -0.1) is 0 Å². The average molecular weight is 609 g/mol. The number of hydrogen-bond acceptors (Lipinski definition) is 6. The van der Waals surface area contributed by atoms with Crippen molar-refractivity contribution in [3.63, 3.8) is 0 Å². The first-order valence-corrected chi connectivity index (χ1v) is 12.5. The van der Waals surface area contributed by atoms with Crippen LogP contribution in [0.1, 0.15) is 18.0 Å². The number of amides is 2. The van der Waals surface area contributed by atoms with Crippen LogP contribution in [0.3, 0.4) is 0 Å². The maximum absolute atomic E-state index is 14.9. The van der Waals surface area contributed by atoms with Crippen LogP contribution in [0.25, 0.3) is 16.7 Å². The average Bonchev–Trinajstić information content (AvgIpc) is 3.26. The Morgan fingerprint density at radius 3 is 2.50 bits per heavy atom. The Balaban J connectivity index is 1.59. The summed E-state index contributed by atoms with van der Waals surface area (Å²) in [6.45, 7) is -0.0976. The minimum absolute atomic E-state index is 0.00103. The van der Waals surface area contributed by atoms with E-state index in [1.807, 2.05) is 0 Å². The van der Waals surface area contributed by atoms with Crippen LogP contribution in [0.5, 0.6) is 5.75 Å². The van der Waals surface area contributed by atoms with Gasteiger partial charge in [-0.2, -0.15) is 13.2 Å². The highest BCUT2D eigenvalue weighted by Gasteiger charge is 2.43. The van der Waals surface area contributed by atoms with Crippen molar-refractivity contribution in [2.45, 2.75) is 24.7 Å². The molecular weight excluding hydrogens is 591 g/mol. The van der Waals surface area contributed by atoms with E-state index in [2.05, 4.69) is 4.98 Å². The molecule has 0 bridgehead atoms. The molecule has 2 aromatic heterocycles. The van der Waals surface area contributed by atoms with Crippen LogP contribution in [0.2, 0.25) is 5.02 Å². The number of carbonyl (C=O) groups excluding carboxylic acids is 2. The molecule has 1 unspecified atom stereocenters. The van der Waals surface area contributed by atoms with Gasteiger partial charge in [0.25, 0.3) is 0 Å². The molecule has 1 fully saturated rings.